The molecule has 1 aliphatic rings. The van der Waals surface area contributed by atoms with Crippen LogP contribution in [0.15, 0.2) is 24.3 Å². The van der Waals surface area contributed by atoms with Crippen molar-refractivity contribution in [1.82, 2.24) is 5.32 Å². The molecule has 5 heteroatoms. The smallest absolute Gasteiger partial charge is 0.313 e. The minimum absolute atomic E-state index is 0.0451. The zero-order valence-electron chi connectivity index (χ0n) is 10.9. The molecule has 0 saturated carbocycles. The molecule has 0 bridgehead atoms. The van der Waals surface area contributed by atoms with Crippen LogP contribution in [0, 0.1) is 5.92 Å². The molecule has 2 atom stereocenters. The van der Waals surface area contributed by atoms with Crippen molar-refractivity contribution in [3.63, 3.8) is 0 Å². The van der Waals surface area contributed by atoms with E-state index >= 15 is 0 Å². The van der Waals surface area contributed by atoms with Gasteiger partial charge >= 0.3 is 5.97 Å². The van der Waals surface area contributed by atoms with Crippen LogP contribution in [0.5, 0.6) is 0 Å². The molecule has 1 heterocycles. The fraction of sp³-hybridized carbons (Fsp3) is 0.500. The third kappa shape index (κ3) is 3.69. The van der Waals surface area contributed by atoms with E-state index in [9.17, 15) is 4.79 Å². The number of carbonyl (C=O) groups is 1. The van der Waals surface area contributed by atoms with E-state index in [0.29, 0.717) is 18.2 Å². The second kappa shape index (κ2) is 6.89. The van der Waals surface area contributed by atoms with Gasteiger partial charge in [0.25, 0.3) is 0 Å². The van der Waals surface area contributed by atoms with Gasteiger partial charge in [0.1, 0.15) is 6.61 Å². The van der Waals surface area contributed by atoms with Crippen LogP contribution in [0.2, 0.25) is 5.02 Å². The summed E-state index contributed by atoms with van der Waals surface area (Å²) in [5, 5.41) is 3.85. The Balaban J connectivity index is 1.89. The summed E-state index contributed by atoms with van der Waals surface area (Å²) in [5.74, 6) is -0.467. The summed E-state index contributed by atoms with van der Waals surface area (Å²) in [6, 6.07) is 7.39. The number of esters is 1. The highest BCUT2D eigenvalue weighted by Gasteiger charge is 2.34. The van der Waals surface area contributed by atoms with Gasteiger partial charge in [0.05, 0.1) is 19.1 Å². The molecular weight excluding hydrogens is 266 g/mol. The van der Waals surface area contributed by atoms with Crippen molar-refractivity contribution in [3.8, 4) is 0 Å². The number of ether oxygens (including phenoxy) is 2. The maximum absolute atomic E-state index is 12.0. The Morgan fingerprint density at radius 1 is 1.47 bits per heavy atom. The normalized spacial score (nSPS) is 22.4. The van der Waals surface area contributed by atoms with E-state index < -0.39 is 0 Å². The average Bonchev–Trinajstić information content (AvgIpc) is 2.86. The van der Waals surface area contributed by atoms with E-state index in [0.717, 1.165) is 12.1 Å². The van der Waals surface area contributed by atoms with E-state index in [1.165, 1.54) is 0 Å². The van der Waals surface area contributed by atoms with Crippen molar-refractivity contribution < 1.29 is 14.3 Å². The van der Waals surface area contributed by atoms with Gasteiger partial charge in [-0.1, -0.05) is 36.7 Å². The first-order valence-electron chi connectivity index (χ1n) is 6.43. The molecule has 0 aromatic heterocycles. The number of hydrogen-bond donors (Lipinski definition) is 1. The van der Waals surface area contributed by atoms with Gasteiger partial charge in [-0.15, -0.1) is 0 Å². The molecule has 1 aromatic carbocycles. The first kappa shape index (κ1) is 14.3. The van der Waals surface area contributed by atoms with Crippen molar-refractivity contribution in [1.29, 1.82) is 0 Å². The van der Waals surface area contributed by atoms with Gasteiger partial charge in [-0.05, 0) is 12.6 Å². The lowest BCUT2D eigenvalue weighted by Gasteiger charge is -2.17. The largest absolute Gasteiger partial charge is 0.460 e. The minimum atomic E-state index is -0.234. The topological polar surface area (TPSA) is 47.6 Å². The van der Waals surface area contributed by atoms with Crippen molar-refractivity contribution >= 4 is 17.6 Å². The van der Waals surface area contributed by atoms with E-state index in [1.807, 2.05) is 25.1 Å². The molecule has 1 N–H and O–H groups in total. The Morgan fingerprint density at radius 3 is 3.00 bits per heavy atom. The third-order valence-corrected chi connectivity index (χ3v) is 3.55. The lowest BCUT2D eigenvalue weighted by Crippen LogP contribution is -2.39. The van der Waals surface area contributed by atoms with E-state index in [2.05, 4.69) is 5.32 Å². The lowest BCUT2D eigenvalue weighted by atomic mass is 10.0. The average molecular weight is 284 g/mol. The van der Waals surface area contributed by atoms with Gasteiger partial charge in [-0.3, -0.25) is 4.79 Å². The molecule has 1 fully saturated rings. The molecule has 0 aliphatic carbocycles. The predicted octanol–water partition coefficient (Wildman–Crippen LogP) is 2.01. The maximum atomic E-state index is 12.0. The molecular formula is C14H18ClNO3. The predicted molar refractivity (Wildman–Crippen MR) is 73.0 cm³/mol. The van der Waals surface area contributed by atoms with Crippen molar-refractivity contribution in [2.24, 2.45) is 5.92 Å². The van der Waals surface area contributed by atoms with Gasteiger partial charge in [0.15, 0.2) is 0 Å². The monoisotopic (exact) mass is 283 g/mol. The molecule has 2 rings (SSSR count). The molecule has 1 aromatic rings. The second-order valence-electron chi connectivity index (χ2n) is 4.51. The van der Waals surface area contributed by atoms with Gasteiger partial charge in [0, 0.05) is 16.6 Å². The standard InChI is InChI=1S/C14H18ClNO3/c1-2-16-13-9-18-8-11(13)14(17)19-7-10-5-3-4-6-12(10)15/h3-6,11,13,16H,2,7-9H2,1H3. The molecule has 0 amide bonds. The van der Waals surface area contributed by atoms with Crippen LogP contribution in [-0.2, 0) is 20.9 Å². The van der Waals surface area contributed by atoms with Crippen LogP contribution >= 0.6 is 11.6 Å². The number of hydrogen-bond acceptors (Lipinski definition) is 4. The summed E-state index contributed by atoms with van der Waals surface area (Å²) in [6.07, 6.45) is 0. The number of nitrogens with one attached hydrogen (secondary N) is 1. The van der Waals surface area contributed by atoms with Crippen LogP contribution in [0.3, 0.4) is 0 Å². The number of halogens is 1. The summed E-state index contributed by atoms with van der Waals surface area (Å²) in [5.41, 5.74) is 0.816. The van der Waals surface area contributed by atoms with Crippen molar-refractivity contribution in [3.05, 3.63) is 34.9 Å². The van der Waals surface area contributed by atoms with Crippen molar-refractivity contribution in [2.75, 3.05) is 19.8 Å². The Morgan fingerprint density at radius 2 is 2.26 bits per heavy atom. The zero-order valence-corrected chi connectivity index (χ0v) is 11.7. The quantitative estimate of drug-likeness (QED) is 0.840. The Bertz CT molecular complexity index is 438. The number of rotatable bonds is 5. The van der Waals surface area contributed by atoms with Gasteiger partial charge in [0.2, 0.25) is 0 Å². The van der Waals surface area contributed by atoms with Crippen LogP contribution in [0.4, 0.5) is 0 Å². The fourth-order valence-electron chi connectivity index (χ4n) is 2.12. The summed E-state index contributed by atoms with van der Waals surface area (Å²) in [6.45, 7) is 3.99. The summed E-state index contributed by atoms with van der Waals surface area (Å²) in [7, 11) is 0. The number of carbonyl (C=O) groups excluding carboxylic acids is 1. The first-order valence-corrected chi connectivity index (χ1v) is 6.81. The van der Waals surface area contributed by atoms with E-state index in [1.54, 1.807) is 6.07 Å². The molecule has 19 heavy (non-hydrogen) atoms. The fourth-order valence-corrected chi connectivity index (χ4v) is 2.31. The van der Waals surface area contributed by atoms with Gasteiger partial charge in [-0.25, -0.2) is 0 Å². The van der Waals surface area contributed by atoms with Crippen molar-refractivity contribution in [2.45, 2.75) is 19.6 Å². The third-order valence-electron chi connectivity index (χ3n) is 3.18. The molecule has 104 valence electrons. The molecule has 1 saturated heterocycles. The van der Waals surface area contributed by atoms with Gasteiger partial charge < -0.3 is 14.8 Å². The van der Waals surface area contributed by atoms with Crippen LogP contribution in [0.25, 0.3) is 0 Å². The summed E-state index contributed by atoms with van der Waals surface area (Å²) in [4.78, 5) is 12.0. The molecule has 4 nitrogen and oxygen atoms in total. The Labute approximate surface area is 118 Å². The lowest BCUT2D eigenvalue weighted by molar-refractivity contribution is -0.150. The minimum Gasteiger partial charge on any atom is -0.460 e. The number of likely N-dealkylation sites (N-methyl/N-ethyl adjacent to an activating group) is 1. The zero-order chi connectivity index (χ0) is 13.7. The van der Waals surface area contributed by atoms with E-state index in [4.69, 9.17) is 21.1 Å². The molecule has 0 radical (unpaired) electrons. The number of benzene rings is 1. The van der Waals surface area contributed by atoms with Crippen LogP contribution in [-0.4, -0.2) is 31.8 Å². The van der Waals surface area contributed by atoms with Gasteiger partial charge in [-0.2, -0.15) is 0 Å². The first-order chi connectivity index (χ1) is 9.22. The highest BCUT2D eigenvalue weighted by molar-refractivity contribution is 6.31. The van der Waals surface area contributed by atoms with E-state index in [-0.39, 0.29) is 24.5 Å². The highest BCUT2D eigenvalue weighted by atomic mass is 35.5. The maximum Gasteiger partial charge on any atom is 0.313 e. The molecule has 2 unspecified atom stereocenters. The summed E-state index contributed by atoms with van der Waals surface area (Å²) < 4.78 is 10.7. The second-order valence-corrected chi connectivity index (χ2v) is 4.91. The Kier molecular flexibility index (Phi) is 5.19. The van der Waals surface area contributed by atoms with Crippen LogP contribution in [0.1, 0.15) is 12.5 Å². The SMILES string of the molecule is CCNC1COCC1C(=O)OCc1ccccc1Cl. The highest BCUT2D eigenvalue weighted by Crippen LogP contribution is 2.19. The molecule has 1 aliphatic heterocycles. The summed E-state index contributed by atoms with van der Waals surface area (Å²) >= 11 is 6.02. The molecule has 0 spiro atoms. The van der Waals surface area contributed by atoms with Crippen LogP contribution < -0.4 is 5.32 Å². The Hall–Kier alpha value is -1.10.